The molecule has 0 radical (unpaired) electrons. The minimum absolute atomic E-state index is 0.432. The summed E-state index contributed by atoms with van der Waals surface area (Å²) in [5.74, 6) is -0.927. The summed E-state index contributed by atoms with van der Waals surface area (Å²) >= 11 is 6.69. The maximum absolute atomic E-state index is 12.1. The Morgan fingerprint density at radius 2 is 0.614 bits per heavy atom. The van der Waals surface area contributed by atoms with Gasteiger partial charge in [0, 0.05) is 41.8 Å². The number of carbonyl (C=O) groups is 2. The first-order chi connectivity index (χ1) is 34.1. The molecule has 0 amide bonds. The van der Waals surface area contributed by atoms with E-state index in [9.17, 15) is 9.59 Å². The lowest BCUT2D eigenvalue weighted by Crippen LogP contribution is -2.14. The second-order valence-electron chi connectivity index (χ2n) is 16.4. The molecule has 0 unspecified atom stereocenters. The number of hydrogen-bond donors (Lipinski definition) is 2. The summed E-state index contributed by atoms with van der Waals surface area (Å²) in [6, 6.07) is 65.1. The molecule has 6 nitrogen and oxygen atoms in total. The highest BCUT2D eigenvalue weighted by Crippen LogP contribution is 2.35. The second-order valence-corrected chi connectivity index (χ2v) is 19.9. The average Bonchev–Trinajstić information content (AvgIpc) is 3.41. The standard InChI is InChI=1S/C30H22N2S2.C16H14O2S2.C14H12N2/c1-33-25-11-7-19(8-12-25)29-30(20-9-13-26(34-2)14-10-20)32-28-18-24-16-22-6-4-3-5-21(22)15-23(24)17-27(28)31-29;1-19-13-7-3-11(4-8-13)15(17)16(18)12-5-9-14(20-2)10-6-12;15-13-7-11-5-9-3-1-2-4-10(9)6-12(11)8-14(13)16/h3-18H,1-2H3;3-10H,1-2H3;1-8H,15-16H2. The summed E-state index contributed by atoms with van der Waals surface area (Å²) in [6.07, 6.45) is 8.13. The van der Waals surface area contributed by atoms with Gasteiger partial charge in [-0.25, -0.2) is 9.97 Å². The van der Waals surface area contributed by atoms with Gasteiger partial charge in [0.2, 0.25) is 11.6 Å². The molecule has 0 fully saturated rings. The van der Waals surface area contributed by atoms with Gasteiger partial charge >= 0.3 is 0 Å². The maximum Gasteiger partial charge on any atom is 0.233 e. The Bertz CT molecular complexity index is 3450. The van der Waals surface area contributed by atoms with Gasteiger partial charge in [0.15, 0.2) is 0 Å². The van der Waals surface area contributed by atoms with E-state index in [4.69, 9.17) is 21.4 Å². The zero-order chi connectivity index (χ0) is 48.7. The number of anilines is 2. The number of fused-ring (bicyclic) bond motifs is 5. The Morgan fingerprint density at radius 1 is 0.343 bits per heavy atom. The number of ketones is 2. The van der Waals surface area contributed by atoms with E-state index in [1.807, 2.05) is 61.0 Å². The fraction of sp³-hybridized carbons (Fsp3) is 0.0667. The fourth-order valence-electron chi connectivity index (χ4n) is 8.17. The highest BCUT2D eigenvalue weighted by Gasteiger charge is 2.19. The van der Waals surface area contributed by atoms with Gasteiger partial charge in [-0.15, -0.1) is 47.0 Å². The molecule has 11 rings (SSSR count). The van der Waals surface area contributed by atoms with Crippen molar-refractivity contribution in [2.45, 2.75) is 19.6 Å². The van der Waals surface area contributed by atoms with Gasteiger partial charge < -0.3 is 11.5 Å². The van der Waals surface area contributed by atoms with E-state index >= 15 is 0 Å². The quantitative estimate of drug-likeness (QED) is 0.0477. The van der Waals surface area contributed by atoms with Crippen LogP contribution in [0.5, 0.6) is 0 Å². The van der Waals surface area contributed by atoms with Crippen molar-refractivity contribution in [1.82, 2.24) is 9.97 Å². The van der Waals surface area contributed by atoms with Crippen LogP contribution in [0, 0.1) is 0 Å². The average molecular weight is 985 g/mol. The fourth-order valence-corrected chi connectivity index (χ4v) is 9.80. The molecule has 0 aliphatic carbocycles. The van der Waals surface area contributed by atoms with Crippen molar-refractivity contribution in [2.75, 3.05) is 36.5 Å². The van der Waals surface area contributed by atoms with Crippen LogP contribution in [0.2, 0.25) is 0 Å². The molecule has 11 aromatic rings. The molecule has 1 heterocycles. The van der Waals surface area contributed by atoms with Crippen LogP contribution in [0.15, 0.2) is 214 Å². The van der Waals surface area contributed by atoms with Crippen LogP contribution in [0.25, 0.3) is 76.6 Å². The SMILES string of the molecule is CSc1ccc(-c2nc3cc4cc5ccccc5cc4cc3nc2-c2ccc(SC)cc2)cc1.CSc1ccc(C(=O)C(=O)c2ccc(SC)cc2)cc1.Nc1cc2cc3ccccc3cc2cc1N. The molecule has 0 aliphatic rings. The molecular weight excluding hydrogens is 937 g/mol. The number of hydrogen-bond acceptors (Lipinski definition) is 10. The first-order valence-corrected chi connectivity index (χ1v) is 27.3. The number of nitrogens with two attached hydrogens (primary N) is 2. The van der Waals surface area contributed by atoms with E-state index in [1.165, 1.54) is 42.1 Å². The van der Waals surface area contributed by atoms with Gasteiger partial charge in [-0.05, 0) is 189 Å². The zero-order valence-corrected chi connectivity index (χ0v) is 42.2. The van der Waals surface area contributed by atoms with Crippen molar-refractivity contribution in [2.24, 2.45) is 0 Å². The Balaban J connectivity index is 0.000000143. The van der Waals surface area contributed by atoms with E-state index in [1.54, 1.807) is 71.3 Å². The lowest BCUT2D eigenvalue weighted by atomic mass is 10.0. The van der Waals surface area contributed by atoms with Crippen molar-refractivity contribution < 1.29 is 9.59 Å². The molecule has 0 saturated heterocycles. The monoisotopic (exact) mass is 984 g/mol. The van der Waals surface area contributed by atoms with Crippen LogP contribution < -0.4 is 11.5 Å². The molecule has 0 bridgehead atoms. The predicted octanol–water partition coefficient (Wildman–Crippen LogP) is 16.1. The number of benzene rings is 10. The molecular formula is C60H48N4O2S4. The largest absolute Gasteiger partial charge is 0.397 e. The third-order valence-electron chi connectivity index (χ3n) is 12.0. The third kappa shape index (κ3) is 10.7. The minimum Gasteiger partial charge on any atom is -0.397 e. The first-order valence-electron chi connectivity index (χ1n) is 22.4. The van der Waals surface area contributed by atoms with E-state index in [2.05, 4.69) is 134 Å². The first kappa shape index (κ1) is 48.0. The predicted molar refractivity (Wildman–Crippen MR) is 304 cm³/mol. The van der Waals surface area contributed by atoms with Crippen molar-refractivity contribution in [1.29, 1.82) is 0 Å². The van der Waals surface area contributed by atoms with Gasteiger partial charge in [0.05, 0.1) is 33.8 Å². The molecule has 1 aromatic heterocycles. The van der Waals surface area contributed by atoms with Gasteiger partial charge in [0.1, 0.15) is 0 Å². The van der Waals surface area contributed by atoms with Crippen molar-refractivity contribution in [3.8, 4) is 22.5 Å². The Hall–Kier alpha value is -7.08. The molecule has 10 aromatic carbocycles. The molecule has 0 spiro atoms. The zero-order valence-electron chi connectivity index (χ0n) is 39.0. The number of aromatic nitrogens is 2. The number of nitrogen functional groups attached to an aromatic ring is 2. The molecule has 70 heavy (non-hydrogen) atoms. The number of nitrogens with zero attached hydrogens (tertiary/aromatic N) is 2. The van der Waals surface area contributed by atoms with Crippen LogP contribution in [0.3, 0.4) is 0 Å². The van der Waals surface area contributed by atoms with Gasteiger partial charge in [-0.3, -0.25) is 9.59 Å². The normalized spacial score (nSPS) is 11.0. The number of thioether (sulfide) groups is 4. The second kappa shape index (κ2) is 21.7. The topological polar surface area (TPSA) is 112 Å². The lowest BCUT2D eigenvalue weighted by molar-refractivity contribution is 0.0817. The summed E-state index contributed by atoms with van der Waals surface area (Å²) in [5, 5.41) is 9.54. The number of rotatable bonds is 9. The van der Waals surface area contributed by atoms with Gasteiger partial charge in [-0.2, -0.15) is 0 Å². The van der Waals surface area contributed by atoms with Crippen LogP contribution >= 0.6 is 47.0 Å². The van der Waals surface area contributed by atoms with Crippen molar-refractivity contribution in [3.05, 3.63) is 205 Å². The number of carbonyl (C=O) groups excluding carboxylic acids is 2. The summed E-state index contributed by atoms with van der Waals surface area (Å²) in [5.41, 5.74) is 19.6. The van der Waals surface area contributed by atoms with Gasteiger partial charge in [0.25, 0.3) is 0 Å². The minimum atomic E-state index is -0.463. The van der Waals surface area contributed by atoms with E-state index < -0.39 is 11.6 Å². The molecule has 0 atom stereocenters. The van der Waals surface area contributed by atoms with Crippen LogP contribution in [0.1, 0.15) is 20.7 Å². The lowest BCUT2D eigenvalue weighted by Gasteiger charge is -2.12. The highest BCUT2D eigenvalue weighted by atomic mass is 32.2. The third-order valence-corrected chi connectivity index (χ3v) is 15.0. The molecule has 344 valence electrons. The number of Topliss-reactive ketones (excluding diaryl/α,β-unsaturated/α-hetero) is 2. The Morgan fingerprint density at radius 3 is 0.900 bits per heavy atom. The summed E-state index contributed by atoms with van der Waals surface area (Å²) < 4.78 is 0. The van der Waals surface area contributed by atoms with Crippen LogP contribution in [-0.4, -0.2) is 46.6 Å². The molecule has 0 saturated carbocycles. The van der Waals surface area contributed by atoms with Crippen molar-refractivity contribution in [3.63, 3.8) is 0 Å². The van der Waals surface area contributed by atoms with Gasteiger partial charge in [-0.1, -0.05) is 72.8 Å². The van der Waals surface area contributed by atoms with E-state index in [0.29, 0.717) is 22.5 Å². The highest BCUT2D eigenvalue weighted by molar-refractivity contribution is 7.99. The maximum atomic E-state index is 12.1. The van der Waals surface area contributed by atoms with E-state index in [-0.39, 0.29) is 0 Å². The molecule has 10 heteroatoms. The smallest absolute Gasteiger partial charge is 0.233 e. The summed E-state index contributed by atoms with van der Waals surface area (Å²) in [6.45, 7) is 0. The Labute approximate surface area is 424 Å². The molecule has 0 aliphatic heterocycles. The van der Waals surface area contributed by atoms with Crippen LogP contribution in [-0.2, 0) is 0 Å². The van der Waals surface area contributed by atoms with E-state index in [0.717, 1.165) is 54.1 Å². The Kier molecular flexibility index (Phi) is 14.9. The summed E-state index contributed by atoms with van der Waals surface area (Å²) in [4.78, 5) is 39.2. The van der Waals surface area contributed by atoms with Crippen molar-refractivity contribution >= 4 is 124 Å². The molecule has 4 N–H and O–H groups in total. The van der Waals surface area contributed by atoms with Crippen LogP contribution in [0.4, 0.5) is 11.4 Å². The summed E-state index contributed by atoms with van der Waals surface area (Å²) in [7, 11) is 0.